The van der Waals surface area contributed by atoms with Gasteiger partial charge in [-0.05, 0) is 24.6 Å². The molecule has 1 unspecified atom stereocenters. The standard InChI is InChI=1S/C17H20FNO2/c1-3-17(12-20,15-9-4-5-10-16(15)18)19-13-7-6-8-14(11-13)21-2/h4-11,19-20H,3,12H2,1-2H3. The van der Waals surface area contributed by atoms with E-state index in [1.54, 1.807) is 25.3 Å². The molecular weight excluding hydrogens is 269 g/mol. The zero-order valence-corrected chi connectivity index (χ0v) is 12.3. The predicted molar refractivity (Wildman–Crippen MR) is 82.1 cm³/mol. The van der Waals surface area contributed by atoms with E-state index in [4.69, 9.17) is 4.74 Å². The molecule has 0 aromatic heterocycles. The highest BCUT2D eigenvalue weighted by Crippen LogP contribution is 2.32. The molecule has 2 aromatic rings. The molecule has 2 rings (SSSR count). The molecule has 0 radical (unpaired) electrons. The highest BCUT2D eigenvalue weighted by atomic mass is 19.1. The van der Waals surface area contributed by atoms with Gasteiger partial charge in [-0.3, -0.25) is 0 Å². The van der Waals surface area contributed by atoms with Crippen LogP contribution in [0.4, 0.5) is 10.1 Å². The zero-order chi connectivity index (χ0) is 15.3. The van der Waals surface area contributed by atoms with Crippen LogP contribution in [0.25, 0.3) is 0 Å². The van der Waals surface area contributed by atoms with E-state index in [0.717, 1.165) is 5.69 Å². The fraction of sp³-hybridized carbons (Fsp3) is 0.294. The molecule has 112 valence electrons. The number of nitrogens with one attached hydrogen (secondary N) is 1. The summed E-state index contributed by atoms with van der Waals surface area (Å²) in [5.74, 6) is 0.375. The van der Waals surface area contributed by atoms with Gasteiger partial charge in [0, 0.05) is 17.3 Å². The van der Waals surface area contributed by atoms with E-state index in [9.17, 15) is 9.50 Å². The summed E-state index contributed by atoms with van der Waals surface area (Å²) < 4.78 is 19.3. The first kappa shape index (κ1) is 15.3. The van der Waals surface area contributed by atoms with Crippen LogP contribution >= 0.6 is 0 Å². The summed E-state index contributed by atoms with van der Waals surface area (Å²) in [4.78, 5) is 0. The molecule has 0 saturated heterocycles. The van der Waals surface area contributed by atoms with Crippen molar-refractivity contribution in [2.24, 2.45) is 0 Å². The zero-order valence-electron chi connectivity index (χ0n) is 12.3. The number of rotatable bonds is 6. The number of aliphatic hydroxyl groups is 1. The molecule has 4 heteroatoms. The molecule has 0 heterocycles. The summed E-state index contributed by atoms with van der Waals surface area (Å²) in [6, 6.07) is 13.9. The molecule has 0 bridgehead atoms. The third-order valence-electron chi connectivity index (χ3n) is 3.72. The monoisotopic (exact) mass is 289 g/mol. The number of methoxy groups -OCH3 is 1. The minimum atomic E-state index is -0.863. The summed E-state index contributed by atoms with van der Waals surface area (Å²) in [7, 11) is 1.59. The molecule has 0 amide bonds. The molecule has 0 spiro atoms. The molecule has 0 aliphatic heterocycles. The first-order chi connectivity index (χ1) is 10.1. The predicted octanol–water partition coefficient (Wildman–Crippen LogP) is 3.54. The van der Waals surface area contributed by atoms with Gasteiger partial charge in [0.25, 0.3) is 0 Å². The van der Waals surface area contributed by atoms with Gasteiger partial charge in [0.05, 0.1) is 19.3 Å². The highest BCUT2D eigenvalue weighted by molar-refractivity contribution is 5.52. The van der Waals surface area contributed by atoms with E-state index < -0.39 is 5.54 Å². The Morgan fingerprint density at radius 1 is 1.19 bits per heavy atom. The van der Waals surface area contributed by atoms with Crippen molar-refractivity contribution in [3.05, 3.63) is 59.9 Å². The largest absolute Gasteiger partial charge is 0.497 e. The van der Waals surface area contributed by atoms with Crippen LogP contribution in [-0.4, -0.2) is 18.8 Å². The van der Waals surface area contributed by atoms with Crippen LogP contribution in [0.15, 0.2) is 48.5 Å². The van der Waals surface area contributed by atoms with Crippen LogP contribution in [0, 0.1) is 5.82 Å². The second-order valence-electron chi connectivity index (χ2n) is 4.93. The minimum Gasteiger partial charge on any atom is -0.497 e. The molecule has 0 fully saturated rings. The van der Waals surface area contributed by atoms with E-state index in [0.29, 0.717) is 17.7 Å². The number of hydrogen-bond donors (Lipinski definition) is 2. The Hall–Kier alpha value is -2.07. The number of aliphatic hydroxyl groups excluding tert-OH is 1. The summed E-state index contributed by atoms with van der Waals surface area (Å²) >= 11 is 0. The van der Waals surface area contributed by atoms with Gasteiger partial charge < -0.3 is 15.2 Å². The fourth-order valence-corrected chi connectivity index (χ4v) is 2.41. The van der Waals surface area contributed by atoms with E-state index in [1.165, 1.54) is 6.07 Å². The Morgan fingerprint density at radius 3 is 2.57 bits per heavy atom. The van der Waals surface area contributed by atoms with Gasteiger partial charge in [-0.15, -0.1) is 0 Å². The van der Waals surface area contributed by atoms with Crippen LogP contribution in [-0.2, 0) is 5.54 Å². The molecular formula is C17H20FNO2. The van der Waals surface area contributed by atoms with Gasteiger partial charge in [-0.1, -0.05) is 31.2 Å². The Kier molecular flexibility index (Phi) is 4.81. The first-order valence-electron chi connectivity index (χ1n) is 6.93. The Bertz CT molecular complexity index is 597. The number of benzene rings is 2. The number of halogens is 1. The van der Waals surface area contributed by atoms with Gasteiger partial charge in [0.15, 0.2) is 0 Å². The molecule has 0 saturated carbocycles. The van der Waals surface area contributed by atoms with Crippen molar-refractivity contribution in [1.29, 1.82) is 0 Å². The lowest BCUT2D eigenvalue weighted by atomic mass is 9.87. The van der Waals surface area contributed by atoms with E-state index in [2.05, 4.69) is 5.32 Å². The maximum atomic E-state index is 14.1. The Balaban J connectivity index is 2.40. The van der Waals surface area contributed by atoms with Crippen molar-refractivity contribution in [2.45, 2.75) is 18.9 Å². The summed E-state index contributed by atoms with van der Waals surface area (Å²) in [5.41, 5.74) is 0.365. The van der Waals surface area contributed by atoms with Crippen molar-refractivity contribution in [3.63, 3.8) is 0 Å². The molecule has 0 aliphatic carbocycles. The third-order valence-corrected chi connectivity index (χ3v) is 3.72. The lowest BCUT2D eigenvalue weighted by Crippen LogP contribution is -2.39. The van der Waals surface area contributed by atoms with Crippen LogP contribution in [0.1, 0.15) is 18.9 Å². The van der Waals surface area contributed by atoms with Crippen molar-refractivity contribution in [3.8, 4) is 5.75 Å². The topological polar surface area (TPSA) is 41.5 Å². The summed E-state index contributed by atoms with van der Waals surface area (Å²) in [5, 5.41) is 13.1. The van der Waals surface area contributed by atoms with Gasteiger partial charge in [0.1, 0.15) is 11.6 Å². The smallest absolute Gasteiger partial charge is 0.128 e. The van der Waals surface area contributed by atoms with Crippen molar-refractivity contribution >= 4 is 5.69 Å². The van der Waals surface area contributed by atoms with Crippen molar-refractivity contribution < 1.29 is 14.2 Å². The molecule has 2 aromatic carbocycles. The molecule has 3 nitrogen and oxygen atoms in total. The average Bonchev–Trinajstić information content (AvgIpc) is 2.53. The van der Waals surface area contributed by atoms with Crippen molar-refractivity contribution in [2.75, 3.05) is 19.0 Å². The Labute approximate surface area is 124 Å². The summed E-state index contributed by atoms with van der Waals surface area (Å²) in [6.45, 7) is 1.71. The van der Waals surface area contributed by atoms with Gasteiger partial charge in [-0.25, -0.2) is 4.39 Å². The quantitative estimate of drug-likeness (QED) is 0.854. The van der Waals surface area contributed by atoms with Crippen LogP contribution < -0.4 is 10.1 Å². The van der Waals surface area contributed by atoms with Crippen LogP contribution in [0.3, 0.4) is 0 Å². The Morgan fingerprint density at radius 2 is 1.95 bits per heavy atom. The van der Waals surface area contributed by atoms with Gasteiger partial charge in [-0.2, -0.15) is 0 Å². The highest BCUT2D eigenvalue weighted by Gasteiger charge is 2.32. The fourth-order valence-electron chi connectivity index (χ4n) is 2.41. The summed E-state index contributed by atoms with van der Waals surface area (Å²) in [6.07, 6.45) is 0.543. The number of anilines is 1. The average molecular weight is 289 g/mol. The van der Waals surface area contributed by atoms with Gasteiger partial charge >= 0.3 is 0 Å². The molecule has 2 N–H and O–H groups in total. The molecule has 21 heavy (non-hydrogen) atoms. The normalized spacial score (nSPS) is 13.5. The second-order valence-corrected chi connectivity index (χ2v) is 4.93. The SMILES string of the molecule is CCC(CO)(Nc1cccc(OC)c1)c1ccccc1F. The molecule has 1 atom stereocenters. The lowest BCUT2D eigenvalue weighted by molar-refractivity contribution is 0.204. The number of hydrogen-bond acceptors (Lipinski definition) is 3. The maximum absolute atomic E-state index is 14.1. The molecule has 0 aliphatic rings. The van der Waals surface area contributed by atoms with E-state index in [1.807, 2.05) is 31.2 Å². The lowest BCUT2D eigenvalue weighted by Gasteiger charge is -2.34. The minimum absolute atomic E-state index is 0.207. The van der Waals surface area contributed by atoms with E-state index >= 15 is 0 Å². The number of ether oxygens (including phenoxy) is 1. The van der Waals surface area contributed by atoms with Crippen LogP contribution in [0.2, 0.25) is 0 Å². The van der Waals surface area contributed by atoms with Crippen molar-refractivity contribution in [1.82, 2.24) is 0 Å². The van der Waals surface area contributed by atoms with Gasteiger partial charge in [0.2, 0.25) is 0 Å². The second kappa shape index (κ2) is 6.59. The maximum Gasteiger partial charge on any atom is 0.128 e. The first-order valence-corrected chi connectivity index (χ1v) is 6.93. The van der Waals surface area contributed by atoms with E-state index in [-0.39, 0.29) is 12.4 Å². The van der Waals surface area contributed by atoms with Crippen LogP contribution in [0.5, 0.6) is 5.75 Å². The third kappa shape index (κ3) is 3.16.